The fourth-order valence-corrected chi connectivity index (χ4v) is 3.12. The highest BCUT2D eigenvalue weighted by Gasteiger charge is 2.24. The summed E-state index contributed by atoms with van der Waals surface area (Å²) in [4.78, 5) is 2.46. The number of nitrogens with zero attached hydrogens (tertiary/aromatic N) is 1. The highest BCUT2D eigenvalue weighted by atomic mass is 15.2. The van der Waals surface area contributed by atoms with Gasteiger partial charge >= 0.3 is 0 Å². The second-order valence-electron chi connectivity index (χ2n) is 5.58. The van der Waals surface area contributed by atoms with Crippen LogP contribution in [0.2, 0.25) is 0 Å². The summed E-state index contributed by atoms with van der Waals surface area (Å²) in [5, 5.41) is 3.55. The lowest BCUT2D eigenvalue weighted by Gasteiger charge is -2.34. The third-order valence-corrected chi connectivity index (χ3v) is 4.24. The van der Waals surface area contributed by atoms with Gasteiger partial charge in [-0.15, -0.1) is 0 Å². The van der Waals surface area contributed by atoms with Crippen LogP contribution >= 0.6 is 0 Å². The molecule has 2 aliphatic rings. The van der Waals surface area contributed by atoms with Crippen molar-refractivity contribution < 1.29 is 0 Å². The molecule has 1 atom stereocenters. The van der Waals surface area contributed by atoms with E-state index in [4.69, 9.17) is 0 Å². The van der Waals surface area contributed by atoms with Gasteiger partial charge in [-0.2, -0.15) is 0 Å². The van der Waals surface area contributed by atoms with E-state index in [0.717, 1.165) is 26.1 Å². The van der Waals surface area contributed by atoms with E-state index < -0.39 is 0 Å². The van der Waals surface area contributed by atoms with Crippen LogP contribution in [0, 0.1) is 6.92 Å². The molecule has 1 saturated heterocycles. The van der Waals surface area contributed by atoms with E-state index in [1.807, 2.05) is 0 Å². The molecule has 0 radical (unpaired) electrons. The zero-order chi connectivity index (χ0) is 12.5. The molecule has 1 aromatic rings. The van der Waals surface area contributed by atoms with Crippen LogP contribution in [0.25, 0.3) is 0 Å². The van der Waals surface area contributed by atoms with Crippen molar-refractivity contribution in [1.82, 2.24) is 10.2 Å². The van der Waals surface area contributed by atoms with Gasteiger partial charge in [0, 0.05) is 24.8 Å². The zero-order valence-corrected chi connectivity index (χ0v) is 11.2. The van der Waals surface area contributed by atoms with Crippen LogP contribution in [-0.2, 0) is 13.0 Å². The molecule has 1 fully saturated rings. The van der Waals surface area contributed by atoms with Gasteiger partial charge < -0.3 is 10.2 Å². The fraction of sp³-hybridized carbons (Fsp3) is 0.500. The number of rotatable bonds is 2. The van der Waals surface area contributed by atoms with Crippen molar-refractivity contribution >= 4 is 0 Å². The average molecular weight is 242 g/mol. The van der Waals surface area contributed by atoms with Crippen molar-refractivity contribution in [2.24, 2.45) is 0 Å². The van der Waals surface area contributed by atoms with Gasteiger partial charge in [-0.25, -0.2) is 0 Å². The van der Waals surface area contributed by atoms with Crippen molar-refractivity contribution in [2.75, 3.05) is 13.1 Å². The Morgan fingerprint density at radius 3 is 3.06 bits per heavy atom. The molecule has 1 aromatic carbocycles. The van der Waals surface area contributed by atoms with Crippen LogP contribution in [0.4, 0.5) is 0 Å². The Bertz CT molecular complexity index is 458. The van der Waals surface area contributed by atoms with Crippen LogP contribution < -0.4 is 5.32 Å². The topological polar surface area (TPSA) is 15.3 Å². The molecule has 0 amide bonds. The van der Waals surface area contributed by atoms with Crippen molar-refractivity contribution in [3.8, 4) is 0 Å². The van der Waals surface area contributed by atoms with Crippen LogP contribution in [0.3, 0.4) is 0 Å². The van der Waals surface area contributed by atoms with E-state index in [1.165, 1.54) is 35.2 Å². The minimum absolute atomic E-state index is 0.511. The summed E-state index contributed by atoms with van der Waals surface area (Å²) in [7, 11) is 0. The van der Waals surface area contributed by atoms with Gasteiger partial charge in [0.25, 0.3) is 0 Å². The number of aryl methyl sites for hydroxylation is 1. The van der Waals surface area contributed by atoms with E-state index in [2.05, 4.69) is 41.9 Å². The molecule has 2 heteroatoms. The first-order valence-corrected chi connectivity index (χ1v) is 6.99. The fourth-order valence-electron chi connectivity index (χ4n) is 3.12. The summed E-state index contributed by atoms with van der Waals surface area (Å²) in [5.74, 6) is 0. The lowest BCUT2D eigenvalue weighted by atomic mass is 9.96. The maximum Gasteiger partial charge on any atom is 0.0466 e. The van der Waals surface area contributed by atoms with Crippen molar-refractivity contribution in [3.05, 3.63) is 47.2 Å². The van der Waals surface area contributed by atoms with E-state index in [-0.39, 0.29) is 0 Å². The Kier molecular flexibility index (Phi) is 3.13. The van der Waals surface area contributed by atoms with E-state index in [1.54, 1.807) is 0 Å². The second-order valence-corrected chi connectivity index (χ2v) is 5.58. The Balaban J connectivity index is 1.74. The largest absolute Gasteiger partial charge is 0.369 e. The maximum atomic E-state index is 4.31. The van der Waals surface area contributed by atoms with E-state index in [0.29, 0.717) is 6.04 Å². The monoisotopic (exact) mass is 242 g/mol. The Hall–Kier alpha value is -1.28. The predicted molar refractivity (Wildman–Crippen MR) is 75.5 cm³/mol. The zero-order valence-electron chi connectivity index (χ0n) is 11.2. The molecular weight excluding hydrogens is 220 g/mol. The molecule has 1 unspecified atom stereocenters. The number of hydrogen-bond donors (Lipinski definition) is 1. The standard InChI is InChI=1S/C16H22N2/c1-12-5-6-15-11-18(9-7-14(15)10-12)13(2)16-4-3-8-17-16/h5-6,10,16-17H,2-4,7-9,11H2,1H3. The molecular formula is C16H22N2. The van der Waals surface area contributed by atoms with Gasteiger partial charge in [-0.3, -0.25) is 0 Å². The minimum Gasteiger partial charge on any atom is -0.369 e. The molecule has 0 aromatic heterocycles. The number of benzene rings is 1. The van der Waals surface area contributed by atoms with Crippen LogP contribution in [0.15, 0.2) is 30.5 Å². The third-order valence-electron chi connectivity index (χ3n) is 4.24. The van der Waals surface area contributed by atoms with Gasteiger partial charge in [0.1, 0.15) is 0 Å². The molecule has 18 heavy (non-hydrogen) atoms. The third kappa shape index (κ3) is 2.17. The van der Waals surface area contributed by atoms with Crippen molar-refractivity contribution in [3.63, 3.8) is 0 Å². The smallest absolute Gasteiger partial charge is 0.0466 e. The Labute approximate surface area is 110 Å². The van der Waals surface area contributed by atoms with Crippen LogP contribution in [0.1, 0.15) is 29.5 Å². The number of nitrogens with one attached hydrogen (secondary N) is 1. The van der Waals surface area contributed by atoms with Crippen molar-refractivity contribution in [2.45, 2.75) is 38.8 Å². The molecule has 0 saturated carbocycles. The molecule has 2 heterocycles. The lowest BCUT2D eigenvalue weighted by Crippen LogP contribution is -2.37. The maximum absolute atomic E-state index is 4.31. The summed E-state index contributed by atoms with van der Waals surface area (Å²) >= 11 is 0. The molecule has 0 aliphatic carbocycles. The molecule has 1 N–H and O–H groups in total. The summed E-state index contributed by atoms with van der Waals surface area (Å²) in [6.07, 6.45) is 3.69. The average Bonchev–Trinajstić information content (AvgIpc) is 2.91. The van der Waals surface area contributed by atoms with Crippen LogP contribution in [-0.4, -0.2) is 24.0 Å². The summed E-state index contributed by atoms with van der Waals surface area (Å²) in [6.45, 7) is 9.79. The predicted octanol–water partition coefficient (Wildman–Crippen LogP) is 2.62. The minimum atomic E-state index is 0.511. The first-order valence-electron chi connectivity index (χ1n) is 6.99. The van der Waals surface area contributed by atoms with Gasteiger partial charge in [0.15, 0.2) is 0 Å². The normalized spacial score (nSPS) is 22.9. The van der Waals surface area contributed by atoms with Gasteiger partial charge in [-0.05, 0) is 43.9 Å². The van der Waals surface area contributed by atoms with E-state index in [9.17, 15) is 0 Å². The lowest BCUT2D eigenvalue weighted by molar-refractivity contribution is 0.297. The van der Waals surface area contributed by atoms with Gasteiger partial charge in [0.05, 0.1) is 0 Å². The first-order chi connectivity index (χ1) is 8.74. The molecule has 0 spiro atoms. The molecule has 2 aliphatic heterocycles. The highest BCUT2D eigenvalue weighted by Crippen LogP contribution is 2.25. The van der Waals surface area contributed by atoms with Crippen LogP contribution in [0.5, 0.6) is 0 Å². The quantitative estimate of drug-likeness (QED) is 0.857. The Morgan fingerprint density at radius 2 is 2.28 bits per heavy atom. The van der Waals surface area contributed by atoms with Crippen molar-refractivity contribution in [1.29, 1.82) is 0 Å². The van der Waals surface area contributed by atoms with Gasteiger partial charge in [0.2, 0.25) is 0 Å². The summed E-state index contributed by atoms with van der Waals surface area (Å²) in [6, 6.07) is 7.35. The van der Waals surface area contributed by atoms with E-state index >= 15 is 0 Å². The second kappa shape index (κ2) is 4.77. The molecule has 2 nitrogen and oxygen atoms in total. The SMILES string of the molecule is C=C(C1CCCN1)N1CCc2cc(C)ccc2C1. The molecule has 0 bridgehead atoms. The van der Waals surface area contributed by atoms with Gasteiger partial charge in [-0.1, -0.05) is 30.3 Å². The summed E-state index contributed by atoms with van der Waals surface area (Å²) < 4.78 is 0. The number of hydrogen-bond acceptors (Lipinski definition) is 2. The first kappa shape index (κ1) is 11.8. The summed E-state index contributed by atoms with van der Waals surface area (Å²) in [5.41, 5.74) is 5.67. The molecule has 3 rings (SSSR count). The molecule has 96 valence electrons. The number of fused-ring (bicyclic) bond motifs is 1. The Morgan fingerprint density at radius 1 is 1.39 bits per heavy atom. The highest BCUT2D eigenvalue weighted by molar-refractivity contribution is 5.34.